The number of rotatable bonds is 6. The van der Waals surface area contributed by atoms with Gasteiger partial charge in [-0.3, -0.25) is 4.90 Å². The molecule has 0 saturated carbocycles. The molecule has 0 aromatic heterocycles. The van der Waals surface area contributed by atoms with Crippen molar-refractivity contribution in [3.63, 3.8) is 0 Å². The fraction of sp³-hybridized carbons (Fsp3) is 1.00. The Balaban J connectivity index is 2.18. The van der Waals surface area contributed by atoms with Crippen LogP contribution in [0.5, 0.6) is 0 Å². The maximum absolute atomic E-state index is 5.02. The molecule has 0 amide bonds. The topological polar surface area (TPSA) is 24.5 Å². The Morgan fingerprint density at radius 2 is 2.12 bits per heavy atom. The molecular weight excluding hydrogens is 200 g/mol. The first-order valence-corrected chi connectivity index (χ1v) is 6.58. The van der Waals surface area contributed by atoms with Crippen LogP contribution in [0.3, 0.4) is 0 Å². The first-order chi connectivity index (χ1) is 7.65. The number of methoxy groups -OCH3 is 1. The second-order valence-electron chi connectivity index (χ2n) is 5.28. The van der Waals surface area contributed by atoms with Crippen LogP contribution in [-0.4, -0.2) is 50.8 Å². The third-order valence-corrected chi connectivity index (χ3v) is 3.91. The highest BCUT2D eigenvalue weighted by Gasteiger charge is 2.25. The highest BCUT2D eigenvalue weighted by Crippen LogP contribution is 2.23. The third kappa shape index (κ3) is 4.40. The summed E-state index contributed by atoms with van der Waals surface area (Å²) in [5, 5.41) is 3.44. The van der Waals surface area contributed by atoms with Gasteiger partial charge in [-0.2, -0.15) is 0 Å². The van der Waals surface area contributed by atoms with E-state index in [-0.39, 0.29) is 0 Å². The number of hydrogen-bond acceptors (Lipinski definition) is 3. The summed E-state index contributed by atoms with van der Waals surface area (Å²) in [4.78, 5) is 2.62. The van der Waals surface area contributed by atoms with Crippen molar-refractivity contribution in [1.29, 1.82) is 0 Å². The number of piperidine rings is 1. The highest BCUT2D eigenvalue weighted by atomic mass is 16.5. The number of nitrogens with one attached hydrogen (secondary N) is 1. The first-order valence-electron chi connectivity index (χ1n) is 6.58. The minimum Gasteiger partial charge on any atom is -0.383 e. The zero-order chi connectivity index (χ0) is 12.0. The molecule has 96 valence electrons. The molecule has 1 aliphatic rings. The summed E-state index contributed by atoms with van der Waals surface area (Å²) in [5.74, 6) is 1.74. The van der Waals surface area contributed by atoms with E-state index >= 15 is 0 Å². The monoisotopic (exact) mass is 228 g/mol. The van der Waals surface area contributed by atoms with Crippen molar-refractivity contribution in [2.45, 2.75) is 33.2 Å². The SMILES string of the molecule is COCCNCC(C)N1CCC(C)C(C)C1. The molecule has 3 heteroatoms. The van der Waals surface area contributed by atoms with Crippen molar-refractivity contribution < 1.29 is 4.74 Å². The molecular formula is C13H28N2O. The van der Waals surface area contributed by atoms with Crippen LogP contribution in [0.1, 0.15) is 27.2 Å². The zero-order valence-corrected chi connectivity index (χ0v) is 11.3. The maximum Gasteiger partial charge on any atom is 0.0587 e. The van der Waals surface area contributed by atoms with E-state index in [9.17, 15) is 0 Å². The van der Waals surface area contributed by atoms with E-state index < -0.39 is 0 Å². The van der Waals surface area contributed by atoms with Crippen LogP contribution in [0.25, 0.3) is 0 Å². The summed E-state index contributed by atoms with van der Waals surface area (Å²) in [6, 6.07) is 0.645. The lowest BCUT2D eigenvalue weighted by molar-refractivity contribution is 0.100. The molecule has 1 rings (SSSR count). The third-order valence-electron chi connectivity index (χ3n) is 3.91. The Bertz CT molecular complexity index is 187. The molecule has 0 bridgehead atoms. The quantitative estimate of drug-likeness (QED) is 0.699. The molecule has 3 nitrogen and oxygen atoms in total. The fourth-order valence-corrected chi connectivity index (χ4v) is 2.31. The average Bonchev–Trinajstić information content (AvgIpc) is 2.28. The van der Waals surface area contributed by atoms with Crippen molar-refractivity contribution >= 4 is 0 Å². The van der Waals surface area contributed by atoms with E-state index in [4.69, 9.17) is 4.74 Å². The summed E-state index contributed by atoms with van der Waals surface area (Å²) in [5.41, 5.74) is 0. The molecule has 0 radical (unpaired) electrons. The van der Waals surface area contributed by atoms with Crippen LogP contribution in [0.4, 0.5) is 0 Å². The van der Waals surface area contributed by atoms with Crippen molar-refractivity contribution in [2.75, 3.05) is 39.9 Å². The van der Waals surface area contributed by atoms with Crippen LogP contribution >= 0.6 is 0 Å². The molecule has 3 atom stereocenters. The molecule has 1 saturated heterocycles. The van der Waals surface area contributed by atoms with Crippen LogP contribution in [0.15, 0.2) is 0 Å². The second-order valence-corrected chi connectivity index (χ2v) is 5.28. The lowest BCUT2D eigenvalue weighted by atomic mass is 9.88. The molecule has 0 aromatic carbocycles. The molecule has 0 aromatic rings. The lowest BCUT2D eigenvalue weighted by Gasteiger charge is -2.39. The van der Waals surface area contributed by atoms with Crippen molar-refractivity contribution in [3.05, 3.63) is 0 Å². The van der Waals surface area contributed by atoms with Gasteiger partial charge >= 0.3 is 0 Å². The summed E-state index contributed by atoms with van der Waals surface area (Å²) >= 11 is 0. The van der Waals surface area contributed by atoms with E-state index in [0.717, 1.165) is 31.5 Å². The number of ether oxygens (including phenoxy) is 1. The summed E-state index contributed by atoms with van der Waals surface area (Å²) in [6.07, 6.45) is 1.35. The minimum absolute atomic E-state index is 0.645. The lowest BCUT2D eigenvalue weighted by Crippen LogP contribution is -2.47. The number of hydrogen-bond donors (Lipinski definition) is 1. The zero-order valence-electron chi connectivity index (χ0n) is 11.3. The Labute approximate surface area is 101 Å². The fourth-order valence-electron chi connectivity index (χ4n) is 2.31. The Morgan fingerprint density at radius 3 is 2.75 bits per heavy atom. The van der Waals surface area contributed by atoms with Crippen molar-refractivity contribution in [2.24, 2.45) is 11.8 Å². The van der Waals surface area contributed by atoms with E-state index in [2.05, 4.69) is 31.0 Å². The Kier molecular flexibility index (Phi) is 6.32. The standard InChI is InChI=1S/C13H28N2O/c1-11-5-7-15(10-12(11)2)13(3)9-14-6-8-16-4/h11-14H,5-10H2,1-4H3. The maximum atomic E-state index is 5.02. The molecule has 1 heterocycles. The number of nitrogens with zero attached hydrogens (tertiary/aromatic N) is 1. The average molecular weight is 228 g/mol. The molecule has 1 fully saturated rings. The van der Waals surface area contributed by atoms with Gasteiger partial charge in [0.05, 0.1) is 6.61 Å². The number of likely N-dealkylation sites (tertiary alicyclic amines) is 1. The van der Waals surface area contributed by atoms with Gasteiger partial charge in [-0.05, 0) is 31.7 Å². The molecule has 1 N–H and O–H groups in total. The van der Waals surface area contributed by atoms with Gasteiger partial charge in [0, 0.05) is 32.8 Å². The van der Waals surface area contributed by atoms with E-state index in [1.54, 1.807) is 7.11 Å². The molecule has 1 aliphatic heterocycles. The highest BCUT2D eigenvalue weighted by molar-refractivity contribution is 4.79. The predicted molar refractivity (Wildman–Crippen MR) is 68.7 cm³/mol. The van der Waals surface area contributed by atoms with Crippen LogP contribution in [0.2, 0.25) is 0 Å². The van der Waals surface area contributed by atoms with Crippen LogP contribution < -0.4 is 5.32 Å². The van der Waals surface area contributed by atoms with Crippen LogP contribution in [-0.2, 0) is 4.74 Å². The van der Waals surface area contributed by atoms with E-state index in [1.165, 1.54) is 19.5 Å². The normalized spacial score (nSPS) is 29.2. The van der Waals surface area contributed by atoms with Crippen LogP contribution in [0, 0.1) is 11.8 Å². The van der Waals surface area contributed by atoms with Gasteiger partial charge in [-0.15, -0.1) is 0 Å². The van der Waals surface area contributed by atoms with E-state index in [1.807, 2.05) is 0 Å². The predicted octanol–water partition coefficient (Wildman–Crippen LogP) is 1.59. The molecule has 3 unspecified atom stereocenters. The minimum atomic E-state index is 0.645. The summed E-state index contributed by atoms with van der Waals surface area (Å²) in [6.45, 7) is 12.4. The Morgan fingerprint density at radius 1 is 1.38 bits per heavy atom. The summed E-state index contributed by atoms with van der Waals surface area (Å²) in [7, 11) is 1.75. The van der Waals surface area contributed by atoms with Gasteiger partial charge < -0.3 is 10.1 Å². The second kappa shape index (κ2) is 7.25. The van der Waals surface area contributed by atoms with E-state index in [0.29, 0.717) is 6.04 Å². The first kappa shape index (κ1) is 13.9. The largest absolute Gasteiger partial charge is 0.383 e. The smallest absolute Gasteiger partial charge is 0.0587 e. The van der Waals surface area contributed by atoms with Gasteiger partial charge in [-0.1, -0.05) is 13.8 Å². The molecule has 0 aliphatic carbocycles. The summed E-state index contributed by atoms with van der Waals surface area (Å²) < 4.78 is 5.02. The van der Waals surface area contributed by atoms with Gasteiger partial charge in [0.15, 0.2) is 0 Å². The van der Waals surface area contributed by atoms with Gasteiger partial charge in [0.1, 0.15) is 0 Å². The van der Waals surface area contributed by atoms with Gasteiger partial charge in [0.2, 0.25) is 0 Å². The van der Waals surface area contributed by atoms with Gasteiger partial charge in [0.25, 0.3) is 0 Å². The molecule has 16 heavy (non-hydrogen) atoms. The molecule has 0 spiro atoms. The van der Waals surface area contributed by atoms with Crippen molar-refractivity contribution in [1.82, 2.24) is 10.2 Å². The Hall–Kier alpha value is -0.120. The van der Waals surface area contributed by atoms with Gasteiger partial charge in [-0.25, -0.2) is 0 Å². The van der Waals surface area contributed by atoms with Crippen molar-refractivity contribution in [3.8, 4) is 0 Å².